The van der Waals surface area contributed by atoms with Crippen LogP contribution in [0.3, 0.4) is 0 Å². The molecule has 0 amide bonds. The van der Waals surface area contributed by atoms with Crippen molar-refractivity contribution in [1.29, 1.82) is 0 Å². The van der Waals surface area contributed by atoms with Crippen LogP contribution in [-0.2, 0) is 9.53 Å². The predicted molar refractivity (Wildman–Crippen MR) is 86.6 cm³/mol. The Kier molecular flexibility index (Phi) is 9.79. The molecule has 0 radical (unpaired) electrons. The van der Waals surface area contributed by atoms with Gasteiger partial charge in [-0.2, -0.15) is 0 Å². The Morgan fingerprint density at radius 1 is 1.05 bits per heavy atom. The van der Waals surface area contributed by atoms with E-state index in [1.165, 1.54) is 5.57 Å². The van der Waals surface area contributed by atoms with E-state index in [2.05, 4.69) is 32.9 Å². The third-order valence-electron chi connectivity index (χ3n) is 3.50. The topological polar surface area (TPSA) is 26.3 Å². The highest BCUT2D eigenvalue weighted by Gasteiger charge is 2.02. The van der Waals surface area contributed by atoms with Crippen molar-refractivity contribution < 1.29 is 9.53 Å². The van der Waals surface area contributed by atoms with Crippen molar-refractivity contribution in [1.82, 2.24) is 0 Å². The number of carbonyl (C=O) groups is 1. The van der Waals surface area contributed by atoms with Crippen molar-refractivity contribution in [2.24, 2.45) is 5.92 Å². The maximum atomic E-state index is 11.4. The van der Waals surface area contributed by atoms with E-state index in [-0.39, 0.29) is 5.97 Å². The van der Waals surface area contributed by atoms with Crippen LogP contribution in [0, 0.1) is 5.92 Å². The molecule has 114 valence electrons. The molecule has 0 saturated carbocycles. The quantitative estimate of drug-likeness (QED) is 0.263. The Hall–Kier alpha value is -1.31. The van der Waals surface area contributed by atoms with Gasteiger partial charge in [-0.15, -0.1) is 0 Å². The van der Waals surface area contributed by atoms with E-state index >= 15 is 0 Å². The highest BCUT2D eigenvalue weighted by atomic mass is 16.5. The van der Waals surface area contributed by atoms with Gasteiger partial charge in [-0.1, -0.05) is 37.1 Å². The second-order valence-corrected chi connectivity index (χ2v) is 5.45. The number of carbonyl (C=O) groups excluding carboxylic acids is 1. The van der Waals surface area contributed by atoms with Gasteiger partial charge in [0.1, 0.15) is 0 Å². The molecule has 0 rings (SSSR count). The molecule has 0 saturated heterocycles. The fourth-order valence-electron chi connectivity index (χ4n) is 1.66. The van der Waals surface area contributed by atoms with Crippen molar-refractivity contribution >= 4 is 5.97 Å². The van der Waals surface area contributed by atoms with Crippen molar-refractivity contribution in [3.63, 3.8) is 0 Å². The summed E-state index contributed by atoms with van der Waals surface area (Å²) in [5.41, 5.74) is 3.59. The maximum absolute atomic E-state index is 11.4. The Morgan fingerprint density at radius 2 is 1.65 bits per heavy atom. The number of rotatable bonds is 8. The summed E-state index contributed by atoms with van der Waals surface area (Å²) in [6, 6.07) is 0. The van der Waals surface area contributed by atoms with E-state index < -0.39 is 0 Å². The summed E-state index contributed by atoms with van der Waals surface area (Å²) in [6.45, 7) is 12.9. The lowest BCUT2D eigenvalue weighted by atomic mass is 9.98. The summed E-state index contributed by atoms with van der Waals surface area (Å²) in [6.07, 6.45) is 9.39. The highest BCUT2D eigenvalue weighted by molar-refractivity contribution is 5.83. The van der Waals surface area contributed by atoms with Gasteiger partial charge in [0.15, 0.2) is 0 Å². The predicted octanol–water partition coefficient (Wildman–Crippen LogP) is 5.21. The number of hydrogen-bond acceptors (Lipinski definition) is 2. The van der Waals surface area contributed by atoms with Crippen LogP contribution in [0.5, 0.6) is 0 Å². The van der Waals surface area contributed by atoms with E-state index in [0.717, 1.165) is 30.4 Å². The molecule has 0 aliphatic carbocycles. The Labute approximate surface area is 124 Å². The molecular weight excluding hydrogens is 248 g/mol. The molecule has 20 heavy (non-hydrogen) atoms. The Balaban J connectivity index is 4.40. The monoisotopic (exact) mass is 278 g/mol. The molecule has 0 aromatic carbocycles. The third kappa shape index (κ3) is 8.73. The zero-order chi connectivity index (χ0) is 15.5. The second kappa shape index (κ2) is 10.5. The number of allylic oxidation sites excluding steroid dienone is 5. The lowest BCUT2D eigenvalue weighted by Gasteiger charge is -2.08. The first kappa shape index (κ1) is 18.7. The molecule has 0 aliphatic heterocycles. The Morgan fingerprint density at radius 3 is 2.20 bits per heavy atom. The molecular formula is C18H30O2. The molecule has 0 heterocycles. The molecule has 1 atom stereocenters. The molecule has 0 bridgehead atoms. The van der Waals surface area contributed by atoms with Gasteiger partial charge in [0.2, 0.25) is 0 Å². The highest BCUT2D eigenvalue weighted by Crippen LogP contribution is 2.16. The first-order valence-electron chi connectivity index (χ1n) is 7.58. The minimum Gasteiger partial charge on any atom is -0.463 e. The van der Waals surface area contributed by atoms with E-state index in [1.54, 1.807) is 6.08 Å². The van der Waals surface area contributed by atoms with Gasteiger partial charge in [-0.25, -0.2) is 4.79 Å². The van der Waals surface area contributed by atoms with Crippen LogP contribution in [0.1, 0.15) is 60.8 Å². The summed E-state index contributed by atoms with van der Waals surface area (Å²) < 4.78 is 4.92. The summed E-state index contributed by atoms with van der Waals surface area (Å²) in [5.74, 6) is 0.370. The van der Waals surface area contributed by atoms with E-state index in [4.69, 9.17) is 4.74 Å². The molecule has 0 spiro atoms. The van der Waals surface area contributed by atoms with Crippen LogP contribution >= 0.6 is 0 Å². The molecule has 2 nitrogen and oxygen atoms in total. The fourth-order valence-corrected chi connectivity index (χ4v) is 1.66. The largest absolute Gasteiger partial charge is 0.463 e. The van der Waals surface area contributed by atoms with Crippen LogP contribution < -0.4 is 0 Å². The van der Waals surface area contributed by atoms with Gasteiger partial charge in [0.25, 0.3) is 0 Å². The summed E-state index contributed by atoms with van der Waals surface area (Å²) in [4.78, 5) is 11.4. The molecule has 1 unspecified atom stereocenters. The van der Waals surface area contributed by atoms with Crippen molar-refractivity contribution in [3.05, 3.63) is 34.9 Å². The fraction of sp³-hybridized carbons (Fsp3) is 0.611. The van der Waals surface area contributed by atoms with Crippen LogP contribution in [0.25, 0.3) is 0 Å². The van der Waals surface area contributed by atoms with Crippen molar-refractivity contribution in [3.8, 4) is 0 Å². The minimum atomic E-state index is -0.257. The Bertz CT molecular complexity index is 386. The SMILES string of the molecule is CCOC(=O)C=C(C)C(C)=CCC(C)CC=C(C)CC. The van der Waals surface area contributed by atoms with Gasteiger partial charge in [-0.3, -0.25) is 0 Å². The zero-order valence-electron chi connectivity index (χ0n) is 14.0. The van der Waals surface area contributed by atoms with E-state index in [1.807, 2.05) is 20.8 Å². The average molecular weight is 278 g/mol. The lowest BCUT2D eigenvalue weighted by molar-refractivity contribution is -0.137. The molecule has 0 aromatic heterocycles. The molecule has 2 heteroatoms. The van der Waals surface area contributed by atoms with Crippen LogP contribution in [0.4, 0.5) is 0 Å². The van der Waals surface area contributed by atoms with E-state index in [0.29, 0.717) is 12.5 Å². The normalized spacial score (nSPS) is 15.2. The number of ether oxygens (including phenoxy) is 1. The minimum absolute atomic E-state index is 0.257. The molecule has 0 aliphatic rings. The first-order valence-corrected chi connectivity index (χ1v) is 7.58. The van der Waals surface area contributed by atoms with E-state index in [9.17, 15) is 4.79 Å². The first-order chi connectivity index (χ1) is 9.40. The smallest absolute Gasteiger partial charge is 0.331 e. The molecule has 0 fully saturated rings. The summed E-state index contributed by atoms with van der Waals surface area (Å²) >= 11 is 0. The van der Waals surface area contributed by atoms with Gasteiger partial charge in [0, 0.05) is 6.08 Å². The molecule has 0 aromatic rings. The van der Waals surface area contributed by atoms with Crippen molar-refractivity contribution in [2.75, 3.05) is 6.61 Å². The summed E-state index contributed by atoms with van der Waals surface area (Å²) in [7, 11) is 0. The van der Waals surface area contributed by atoms with Crippen LogP contribution in [0.2, 0.25) is 0 Å². The lowest BCUT2D eigenvalue weighted by Crippen LogP contribution is -2.01. The molecule has 0 N–H and O–H groups in total. The standard InChI is InChI=1S/C18H30O2/c1-7-14(3)9-10-15(4)11-12-16(5)17(6)13-18(19)20-8-2/h9,12-13,15H,7-8,10-11H2,1-6H3. The second-order valence-electron chi connectivity index (χ2n) is 5.45. The maximum Gasteiger partial charge on any atom is 0.331 e. The van der Waals surface area contributed by atoms with Gasteiger partial charge < -0.3 is 4.74 Å². The number of esters is 1. The van der Waals surface area contributed by atoms with Crippen LogP contribution in [0.15, 0.2) is 34.9 Å². The van der Waals surface area contributed by atoms with Crippen LogP contribution in [-0.4, -0.2) is 12.6 Å². The van der Waals surface area contributed by atoms with Gasteiger partial charge in [0.05, 0.1) is 6.61 Å². The summed E-state index contributed by atoms with van der Waals surface area (Å²) in [5, 5.41) is 0. The number of hydrogen-bond donors (Lipinski definition) is 0. The van der Waals surface area contributed by atoms with Gasteiger partial charge >= 0.3 is 5.97 Å². The average Bonchev–Trinajstić information content (AvgIpc) is 2.41. The third-order valence-corrected chi connectivity index (χ3v) is 3.50. The van der Waals surface area contributed by atoms with Crippen molar-refractivity contribution in [2.45, 2.75) is 60.8 Å². The zero-order valence-corrected chi connectivity index (χ0v) is 14.0. The van der Waals surface area contributed by atoms with Gasteiger partial charge in [-0.05, 0) is 58.4 Å².